The maximum atomic E-state index is 13.1. The third kappa shape index (κ3) is 42.3. The fourth-order valence-corrected chi connectivity index (χ4v) is 8.48. The maximum absolute atomic E-state index is 13.1. The number of carbonyl (C=O) groups excluding carboxylic acids is 3. The minimum atomic E-state index is -1.92. The summed E-state index contributed by atoms with van der Waals surface area (Å²) in [4.78, 5) is 51.2. The van der Waals surface area contributed by atoms with Crippen molar-refractivity contribution in [3.8, 4) is 0 Å². The van der Waals surface area contributed by atoms with Crippen LogP contribution in [0, 0.1) is 0 Å². The molecule has 6 atom stereocenters. The molecule has 0 saturated carbocycles. The van der Waals surface area contributed by atoms with Crippen molar-refractivity contribution < 1.29 is 58.2 Å². The number of carbonyl (C=O) groups is 4. The number of hydrogen-bond donors (Lipinski definition) is 3. The number of aliphatic carboxylic acids is 1. The van der Waals surface area contributed by atoms with E-state index in [0.29, 0.717) is 19.3 Å². The number of unbranched alkanes of at least 4 members (excludes halogenated alkanes) is 20. The minimum Gasteiger partial charge on any atom is -0.479 e. The molecule has 77 heavy (non-hydrogen) atoms. The van der Waals surface area contributed by atoms with Gasteiger partial charge in [-0.25, -0.2) is 4.79 Å². The standard InChI is InChI=1S/C65H106O12/c1-4-7-10-13-16-19-22-25-27-28-29-30-32-35-38-41-44-47-50-53-59(68)76-63-61(70)60(69)62(64(71)72)77-65(63)74-55-56(75-58(67)52-49-46-43-40-37-33-24-21-18-15-12-9-6-3)54-73-57(66)51-48-45-42-39-36-34-31-26-23-20-17-14-11-8-5-2/h7,10,12,15-17,19-21,24-27,29-31,56,60-63,65,69-70H,4-6,8-9,11,13-14,18,22-23,28,32-55H2,1-3H3,(H,71,72)/b10-7-,15-12-,19-16-,20-17-,24-21-,27-25-,30-29-,31-26-. The van der Waals surface area contributed by atoms with Crippen molar-refractivity contribution in [2.24, 2.45) is 0 Å². The van der Waals surface area contributed by atoms with E-state index in [4.69, 9.17) is 23.7 Å². The first-order valence-electron chi connectivity index (χ1n) is 30.2. The van der Waals surface area contributed by atoms with Crippen molar-refractivity contribution in [1.82, 2.24) is 0 Å². The van der Waals surface area contributed by atoms with Gasteiger partial charge in [0.05, 0.1) is 6.61 Å². The third-order valence-electron chi connectivity index (χ3n) is 13.1. The number of carboxylic acids is 1. The number of aliphatic hydroxyl groups is 2. The van der Waals surface area contributed by atoms with E-state index in [2.05, 4.69) is 118 Å². The van der Waals surface area contributed by atoms with E-state index in [0.717, 1.165) is 161 Å². The molecule has 1 aliphatic rings. The lowest BCUT2D eigenvalue weighted by Gasteiger charge is -2.40. The van der Waals surface area contributed by atoms with Crippen molar-refractivity contribution in [2.75, 3.05) is 13.2 Å². The van der Waals surface area contributed by atoms with Crippen LogP contribution in [0.15, 0.2) is 97.2 Å². The molecular weight excluding hydrogens is 973 g/mol. The largest absolute Gasteiger partial charge is 0.479 e. The molecule has 0 amide bonds. The predicted octanol–water partition coefficient (Wildman–Crippen LogP) is 15.7. The molecule has 1 saturated heterocycles. The molecule has 1 aliphatic heterocycles. The summed E-state index contributed by atoms with van der Waals surface area (Å²) in [6, 6.07) is 0. The van der Waals surface area contributed by atoms with Crippen LogP contribution < -0.4 is 0 Å². The van der Waals surface area contributed by atoms with Gasteiger partial charge in [-0.2, -0.15) is 0 Å². The molecule has 12 nitrogen and oxygen atoms in total. The highest BCUT2D eigenvalue weighted by atomic mass is 16.7. The number of aliphatic hydroxyl groups excluding tert-OH is 2. The van der Waals surface area contributed by atoms with Gasteiger partial charge in [-0.05, 0) is 116 Å². The molecule has 0 bridgehead atoms. The molecule has 12 heteroatoms. The summed E-state index contributed by atoms with van der Waals surface area (Å²) in [6.45, 7) is 5.76. The highest BCUT2D eigenvalue weighted by molar-refractivity contribution is 5.74. The third-order valence-corrected chi connectivity index (χ3v) is 13.1. The lowest BCUT2D eigenvalue weighted by molar-refractivity contribution is -0.301. The van der Waals surface area contributed by atoms with Crippen LogP contribution >= 0.6 is 0 Å². The summed E-state index contributed by atoms with van der Waals surface area (Å²) in [5, 5.41) is 31.5. The van der Waals surface area contributed by atoms with Gasteiger partial charge in [0.15, 0.2) is 24.6 Å². The Kier molecular flexibility index (Phi) is 48.0. The fourth-order valence-electron chi connectivity index (χ4n) is 8.48. The number of allylic oxidation sites excluding steroid dienone is 16. The quantitative estimate of drug-likeness (QED) is 0.0228. The highest BCUT2D eigenvalue weighted by Crippen LogP contribution is 2.26. The van der Waals surface area contributed by atoms with Crippen LogP contribution in [0.4, 0.5) is 0 Å². The number of esters is 3. The number of rotatable bonds is 50. The fraction of sp³-hybridized carbons (Fsp3) is 0.692. The maximum Gasteiger partial charge on any atom is 0.335 e. The second-order valence-corrected chi connectivity index (χ2v) is 20.2. The Balaban J connectivity index is 2.70. The van der Waals surface area contributed by atoms with Gasteiger partial charge in [0, 0.05) is 19.3 Å². The Bertz CT molecular complexity index is 1710. The van der Waals surface area contributed by atoms with Crippen molar-refractivity contribution >= 4 is 23.9 Å². The molecule has 0 aromatic heterocycles. The van der Waals surface area contributed by atoms with Crippen LogP contribution in [-0.2, 0) is 42.9 Å². The topological polar surface area (TPSA) is 175 Å². The molecule has 0 radical (unpaired) electrons. The SMILES string of the molecule is CC/C=C\C/C=C\C/C=C\C/C=C\CCCCCCCCC(=O)OC1C(OCC(COC(=O)CCCCCCC/C=C\C/C=C\CCCCC)OC(=O)CCCCCCC/C=C\C/C=C\CCC)OC(C(=O)O)C(O)C1O. The van der Waals surface area contributed by atoms with Gasteiger partial charge >= 0.3 is 23.9 Å². The molecule has 1 rings (SSSR count). The van der Waals surface area contributed by atoms with E-state index in [9.17, 15) is 34.5 Å². The van der Waals surface area contributed by atoms with Crippen LogP contribution in [0.1, 0.15) is 239 Å². The van der Waals surface area contributed by atoms with E-state index in [1.54, 1.807) is 0 Å². The monoisotopic (exact) mass is 1080 g/mol. The Morgan fingerprint density at radius 3 is 1.30 bits per heavy atom. The van der Waals surface area contributed by atoms with Crippen molar-refractivity contribution in [2.45, 2.75) is 276 Å². The Morgan fingerprint density at radius 1 is 0.442 bits per heavy atom. The van der Waals surface area contributed by atoms with Crippen molar-refractivity contribution in [1.29, 1.82) is 0 Å². The van der Waals surface area contributed by atoms with Gasteiger partial charge in [0.1, 0.15) is 18.8 Å². The first kappa shape index (κ1) is 70.7. The van der Waals surface area contributed by atoms with Gasteiger partial charge < -0.3 is 39.0 Å². The van der Waals surface area contributed by atoms with E-state index < -0.39 is 67.3 Å². The number of ether oxygens (including phenoxy) is 5. The summed E-state index contributed by atoms with van der Waals surface area (Å²) in [5.41, 5.74) is 0. The van der Waals surface area contributed by atoms with Crippen LogP contribution in [0.25, 0.3) is 0 Å². The van der Waals surface area contributed by atoms with Gasteiger partial charge in [0.25, 0.3) is 0 Å². The molecule has 0 aromatic rings. The molecule has 1 heterocycles. The number of carboxylic acid groups (broad SMARTS) is 1. The Labute approximate surface area is 466 Å². The molecule has 6 unspecified atom stereocenters. The molecule has 438 valence electrons. The lowest BCUT2D eigenvalue weighted by Crippen LogP contribution is -2.61. The summed E-state index contributed by atoms with van der Waals surface area (Å²) in [5.74, 6) is -3.18. The smallest absolute Gasteiger partial charge is 0.335 e. The van der Waals surface area contributed by atoms with Gasteiger partial charge in [0.2, 0.25) is 0 Å². The second-order valence-electron chi connectivity index (χ2n) is 20.2. The van der Waals surface area contributed by atoms with Crippen LogP contribution in [0.5, 0.6) is 0 Å². The van der Waals surface area contributed by atoms with E-state index >= 15 is 0 Å². The summed E-state index contributed by atoms with van der Waals surface area (Å²) >= 11 is 0. The van der Waals surface area contributed by atoms with Gasteiger partial charge in [-0.3, -0.25) is 14.4 Å². The first-order chi connectivity index (χ1) is 37.6. The first-order valence-corrected chi connectivity index (χ1v) is 30.2. The van der Waals surface area contributed by atoms with Crippen molar-refractivity contribution in [3.05, 3.63) is 97.2 Å². The van der Waals surface area contributed by atoms with Gasteiger partial charge in [-0.15, -0.1) is 0 Å². The Hall–Kier alpha value is -4.36. The minimum absolute atomic E-state index is 0.0370. The highest BCUT2D eigenvalue weighted by Gasteiger charge is 2.50. The molecule has 3 N–H and O–H groups in total. The molecule has 0 aliphatic carbocycles. The normalized spacial score (nSPS) is 18.7. The number of hydrogen-bond acceptors (Lipinski definition) is 11. The van der Waals surface area contributed by atoms with E-state index in [1.807, 2.05) is 0 Å². The van der Waals surface area contributed by atoms with E-state index in [1.165, 1.54) is 19.3 Å². The predicted molar refractivity (Wildman–Crippen MR) is 312 cm³/mol. The average molecular weight is 1080 g/mol. The average Bonchev–Trinajstić information content (AvgIpc) is 3.42. The zero-order valence-corrected chi connectivity index (χ0v) is 48.2. The lowest BCUT2D eigenvalue weighted by atomic mass is 9.98. The van der Waals surface area contributed by atoms with Crippen LogP contribution in [0.3, 0.4) is 0 Å². The summed E-state index contributed by atoms with van der Waals surface area (Å²) in [7, 11) is 0. The molecule has 1 fully saturated rings. The van der Waals surface area contributed by atoms with E-state index in [-0.39, 0.29) is 25.9 Å². The molecule has 0 aromatic carbocycles. The molecule has 0 spiro atoms. The Morgan fingerprint density at radius 2 is 0.844 bits per heavy atom. The van der Waals surface area contributed by atoms with Crippen LogP contribution in [0.2, 0.25) is 0 Å². The molecular formula is C65H106O12. The summed E-state index contributed by atoms with van der Waals surface area (Å²) in [6.07, 6.45) is 56.5. The van der Waals surface area contributed by atoms with Crippen LogP contribution in [-0.4, -0.2) is 89.2 Å². The zero-order valence-electron chi connectivity index (χ0n) is 48.2. The van der Waals surface area contributed by atoms with Crippen molar-refractivity contribution in [3.63, 3.8) is 0 Å². The van der Waals surface area contributed by atoms with Gasteiger partial charge in [-0.1, -0.05) is 201 Å². The second kappa shape index (κ2) is 52.3. The summed E-state index contributed by atoms with van der Waals surface area (Å²) < 4.78 is 28.4. The zero-order chi connectivity index (χ0) is 56.1.